The van der Waals surface area contributed by atoms with Crippen molar-refractivity contribution >= 4 is 5.91 Å². The third-order valence-corrected chi connectivity index (χ3v) is 4.24. The Morgan fingerprint density at radius 3 is 2.72 bits per heavy atom. The largest absolute Gasteiger partial charge is 0.497 e. The topological polar surface area (TPSA) is 53.6 Å². The lowest BCUT2D eigenvalue weighted by Gasteiger charge is -2.35. The molecule has 0 aromatic heterocycles. The molecule has 0 bridgehead atoms. The van der Waals surface area contributed by atoms with Crippen molar-refractivity contribution in [1.82, 2.24) is 15.5 Å². The van der Waals surface area contributed by atoms with Gasteiger partial charge in [0.15, 0.2) is 0 Å². The van der Waals surface area contributed by atoms with E-state index in [1.807, 2.05) is 18.2 Å². The summed E-state index contributed by atoms with van der Waals surface area (Å²) in [5.74, 6) is 0.306. The van der Waals surface area contributed by atoms with Gasteiger partial charge >= 0.3 is 6.18 Å². The number of nitrogens with zero attached hydrogens (tertiary/aromatic N) is 1. The lowest BCUT2D eigenvalue weighted by Crippen LogP contribution is -2.57. The molecule has 1 aromatic rings. The van der Waals surface area contributed by atoms with Crippen molar-refractivity contribution in [1.29, 1.82) is 0 Å². The summed E-state index contributed by atoms with van der Waals surface area (Å²) in [5, 5.41) is 5.46. The van der Waals surface area contributed by atoms with Crippen molar-refractivity contribution in [2.24, 2.45) is 0 Å². The summed E-state index contributed by atoms with van der Waals surface area (Å²) >= 11 is 0. The Kier molecular flexibility index (Phi) is 7.07. The Bertz CT molecular complexity index is 560. The van der Waals surface area contributed by atoms with Gasteiger partial charge in [0.1, 0.15) is 11.8 Å². The second-order valence-corrected chi connectivity index (χ2v) is 6.00. The van der Waals surface area contributed by atoms with Gasteiger partial charge in [-0.15, -0.1) is 0 Å². The van der Waals surface area contributed by atoms with E-state index in [4.69, 9.17) is 4.74 Å². The maximum Gasteiger partial charge on any atom is 0.405 e. The van der Waals surface area contributed by atoms with E-state index in [1.54, 1.807) is 13.2 Å². The second-order valence-electron chi connectivity index (χ2n) is 6.00. The molecule has 1 saturated heterocycles. The fourth-order valence-corrected chi connectivity index (χ4v) is 2.83. The van der Waals surface area contributed by atoms with Crippen molar-refractivity contribution in [3.63, 3.8) is 0 Å². The van der Waals surface area contributed by atoms with Crippen LogP contribution in [0.5, 0.6) is 5.75 Å². The normalized spacial score (nSPS) is 17.1. The third kappa shape index (κ3) is 6.21. The van der Waals surface area contributed by atoms with Crippen LogP contribution in [-0.2, 0) is 11.2 Å². The first-order chi connectivity index (χ1) is 11.9. The average molecular weight is 359 g/mol. The number of hydrogen-bond donors (Lipinski definition) is 2. The number of methoxy groups -OCH3 is 1. The van der Waals surface area contributed by atoms with Crippen molar-refractivity contribution in [2.75, 3.05) is 39.8 Å². The van der Waals surface area contributed by atoms with Crippen molar-refractivity contribution in [2.45, 2.75) is 25.1 Å². The summed E-state index contributed by atoms with van der Waals surface area (Å²) in [4.78, 5) is 13.3. The lowest BCUT2D eigenvalue weighted by molar-refractivity contribution is -0.184. The van der Waals surface area contributed by atoms with Gasteiger partial charge in [-0.25, -0.2) is 0 Å². The number of carbonyl (C=O) groups excluding carboxylic acids is 1. The van der Waals surface area contributed by atoms with Gasteiger partial charge in [0.2, 0.25) is 5.91 Å². The standard InChI is InChI=1S/C17H24F3N3O2/c1-25-14-4-2-3-13(11-14)5-6-16(24)22-12-15(17(18,19)20)23-9-7-21-8-10-23/h2-4,11,15,21H,5-10,12H2,1H3,(H,22,24). The summed E-state index contributed by atoms with van der Waals surface area (Å²) in [6.45, 7) is 1.28. The molecule has 1 unspecified atom stereocenters. The van der Waals surface area contributed by atoms with Gasteiger partial charge in [0.25, 0.3) is 0 Å². The Morgan fingerprint density at radius 1 is 1.36 bits per heavy atom. The van der Waals surface area contributed by atoms with Crippen molar-refractivity contribution in [3.05, 3.63) is 29.8 Å². The van der Waals surface area contributed by atoms with E-state index in [0.717, 1.165) is 5.56 Å². The fourth-order valence-electron chi connectivity index (χ4n) is 2.83. The highest BCUT2D eigenvalue weighted by Gasteiger charge is 2.43. The van der Waals surface area contributed by atoms with Crippen LogP contribution >= 0.6 is 0 Å². The molecule has 2 rings (SSSR count). The SMILES string of the molecule is COc1cccc(CCC(=O)NCC(N2CCNCC2)C(F)(F)F)c1. The molecule has 1 amide bonds. The minimum atomic E-state index is -4.36. The predicted molar refractivity (Wildman–Crippen MR) is 88.6 cm³/mol. The molecule has 140 valence electrons. The lowest BCUT2D eigenvalue weighted by atomic mass is 10.1. The number of nitrogens with one attached hydrogen (secondary N) is 2. The van der Waals surface area contributed by atoms with Crippen LogP contribution in [0.15, 0.2) is 24.3 Å². The molecule has 0 aliphatic carbocycles. The van der Waals surface area contributed by atoms with Crippen LogP contribution in [0.2, 0.25) is 0 Å². The molecular weight excluding hydrogens is 335 g/mol. The maximum atomic E-state index is 13.3. The van der Waals surface area contributed by atoms with E-state index in [2.05, 4.69) is 10.6 Å². The van der Waals surface area contributed by atoms with Crippen LogP contribution in [0.3, 0.4) is 0 Å². The highest BCUT2D eigenvalue weighted by atomic mass is 19.4. The zero-order chi connectivity index (χ0) is 18.3. The minimum absolute atomic E-state index is 0.138. The Balaban J connectivity index is 1.83. The van der Waals surface area contributed by atoms with Crippen LogP contribution in [0, 0.1) is 0 Å². The van der Waals surface area contributed by atoms with Crippen molar-refractivity contribution in [3.8, 4) is 5.75 Å². The number of aryl methyl sites for hydroxylation is 1. The van der Waals surface area contributed by atoms with Gasteiger partial charge in [-0.1, -0.05) is 12.1 Å². The Morgan fingerprint density at radius 2 is 2.08 bits per heavy atom. The van der Waals surface area contributed by atoms with Gasteiger partial charge < -0.3 is 15.4 Å². The molecular formula is C17H24F3N3O2. The fraction of sp³-hybridized carbons (Fsp3) is 0.588. The first-order valence-electron chi connectivity index (χ1n) is 8.31. The molecule has 1 heterocycles. The van der Waals surface area contributed by atoms with Crippen LogP contribution < -0.4 is 15.4 Å². The molecule has 1 fully saturated rings. The van der Waals surface area contributed by atoms with Gasteiger partial charge in [0, 0.05) is 39.1 Å². The van der Waals surface area contributed by atoms with Gasteiger partial charge in [-0.3, -0.25) is 9.69 Å². The second kappa shape index (κ2) is 9.05. The monoisotopic (exact) mass is 359 g/mol. The third-order valence-electron chi connectivity index (χ3n) is 4.24. The summed E-state index contributed by atoms with van der Waals surface area (Å²) in [6, 6.07) is 5.64. The molecule has 1 atom stereocenters. The van der Waals surface area contributed by atoms with Crippen LogP contribution in [0.25, 0.3) is 0 Å². The van der Waals surface area contributed by atoms with E-state index in [0.29, 0.717) is 38.3 Å². The Labute approximate surface area is 145 Å². The van der Waals surface area contributed by atoms with Crippen LogP contribution in [0.4, 0.5) is 13.2 Å². The predicted octanol–water partition coefficient (Wildman–Crippen LogP) is 1.58. The summed E-state index contributed by atoms with van der Waals surface area (Å²) in [6.07, 6.45) is -3.77. The van der Waals surface area contributed by atoms with E-state index in [-0.39, 0.29) is 12.3 Å². The van der Waals surface area contributed by atoms with E-state index in [9.17, 15) is 18.0 Å². The molecule has 0 saturated carbocycles. The van der Waals surface area contributed by atoms with E-state index >= 15 is 0 Å². The van der Waals surface area contributed by atoms with Gasteiger partial charge in [0.05, 0.1) is 7.11 Å². The zero-order valence-electron chi connectivity index (χ0n) is 14.2. The molecule has 8 heteroatoms. The smallest absolute Gasteiger partial charge is 0.405 e. The number of rotatable bonds is 7. The average Bonchev–Trinajstić information content (AvgIpc) is 2.60. The summed E-state index contributed by atoms with van der Waals surface area (Å²) < 4.78 is 44.9. The summed E-state index contributed by atoms with van der Waals surface area (Å²) in [5.41, 5.74) is 0.906. The molecule has 2 N–H and O–H groups in total. The number of amides is 1. The van der Waals surface area contributed by atoms with Crippen LogP contribution in [0.1, 0.15) is 12.0 Å². The van der Waals surface area contributed by atoms with Gasteiger partial charge in [-0.05, 0) is 24.1 Å². The molecule has 0 spiro atoms. The molecule has 25 heavy (non-hydrogen) atoms. The molecule has 1 aliphatic heterocycles. The zero-order valence-corrected chi connectivity index (χ0v) is 14.2. The number of hydrogen-bond acceptors (Lipinski definition) is 4. The maximum absolute atomic E-state index is 13.3. The number of carbonyl (C=O) groups is 1. The molecule has 1 aromatic carbocycles. The van der Waals surface area contributed by atoms with E-state index in [1.165, 1.54) is 4.90 Å². The summed E-state index contributed by atoms with van der Waals surface area (Å²) in [7, 11) is 1.55. The van der Waals surface area contributed by atoms with Crippen molar-refractivity contribution < 1.29 is 22.7 Å². The highest BCUT2D eigenvalue weighted by Crippen LogP contribution is 2.24. The number of alkyl halides is 3. The number of benzene rings is 1. The van der Waals surface area contributed by atoms with E-state index < -0.39 is 18.8 Å². The minimum Gasteiger partial charge on any atom is -0.497 e. The molecule has 5 nitrogen and oxygen atoms in total. The molecule has 1 aliphatic rings. The first-order valence-corrected chi connectivity index (χ1v) is 8.31. The number of halogens is 3. The van der Waals surface area contributed by atoms with Gasteiger partial charge in [-0.2, -0.15) is 13.2 Å². The van der Waals surface area contributed by atoms with Crippen LogP contribution in [-0.4, -0.2) is 62.9 Å². The quantitative estimate of drug-likeness (QED) is 0.776. The Hall–Kier alpha value is -1.80. The number of ether oxygens (including phenoxy) is 1. The molecule has 0 radical (unpaired) electrons. The number of piperazine rings is 1. The first kappa shape index (κ1) is 19.5. The highest BCUT2D eigenvalue weighted by molar-refractivity contribution is 5.76.